The fraction of sp³-hybridized carbons (Fsp3) is 0.318. The second kappa shape index (κ2) is 10.8. The van der Waals surface area contributed by atoms with Gasteiger partial charge in [-0.3, -0.25) is 9.59 Å². The number of amides is 2. The molecule has 2 aromatic rings. The summed E-state index contributed by atoms with van der Waals surface area (Å²) >= 11 is 0. The second-order valence-corrected chi connectivity index (χ2v) is 6.25. The van der Waals surface area contributed by atoms with E-state index in [0.717, 1.165) is 0 Å². The Bertz CT molecular complexity index is 891. The van der Waals surface area contributed by atoms with Crippen LogP contribution in [0.1, 0.15) is 34.6 Å². The first-order chi connectivity index (χ1) is 14.4. The molecular weight excluding hydrogens is 388 g/mol. The topological polar surface area (TPSA) is 94.2 Å². The van der Waals surface area contributed by atoms with Gasteiger partial charge in [0, 0.05) is 24.3 Å². The summed E-state index contributed by atoms with van der Waals surface area (Å²) in [5, 5.41) is 2.63. The molecule has 0 saturated heterocycles. The summed E-state index contributed by atoms with van der Waals surface area (Å²) in [6, 6.07) is 11.2. The van der Waals surface area contributed by atoms with E-state index < -0.39 is 18.5 Å². The van der Waals surface area contributed by atoms with Crippen molar-refractivity contribution in [2.45, 2.75) is 13.8 Å². The summed E-state index contributed by atoms with van der Waals surface area (Å²) in [4.78, 5) is 38.5. The average Bonchev–Trinajstić information content (AvgIpc) is 2.78. The van der Waals surface area contributed by atoms with E-state index in [-0.39, 0.29) is 11.5 Å². The molecule has 0 aliphatic rings. The number of carbonyl (C=O) groups excluding carboxylic acids is 3. The van der Waals surface area contributed by atoms with Crippen molar-refractivity contribution in [1.29, 1.82) is 0 Å². The fourth-order valence-corrected chi connectivity index (χ4v) is 2.77. The van der Waals surface area contributed by atoms with E-state index in [4.69, 9.17) is 14.2 Å². The molecule has 160 valence electrons. The van der Waals surface area contributed by atoms with Crippen LogP contribution in [0, 0.1) is 0 Å². The lowest BCUT2D eigenvalue weighted by atomic mass is 10.1. The molecule has 2 aromatic carbocycles. The summed E-state index contributed by atoms with van der Waals surface area (Å²) in [5.74, 6) is -0.505. The van der Waals surface area contributed by atoms with E-state index >= 15 is 0 Å². The number of esters is 1. The molecule has 0 atom stereocenters. The molecular formula is C22H26N2O6. The summed E-state index contributed by atoms with van der Waals surface area (Å²) in [6.45, 7) is 4.60. The lowest BCUT2D eigenvalue weighted by molar-refractivity contribution is -0.119. The number of nitrogens with one attached hydrogen (secondary N) is 1. The van der Waals surface area contributed by atoms with Gasteiger partial charge in [-0.25, -0.2) is 4.79 Å². The third-order valence-corrected chi connectivity index (χ3v) is 4.43. The van der Waals surface area contributed by atoms with Crippen molar-refractivity contribution in [3.05, 3.63) is 53.6 Å². The number of nitrogens with zero attached hydrogens (tertiary/aromatic N) is 1. The third kappa shape index (κ3) is 5.73. The van der Waals surface area contributed by atoms with Crippen LogP contribution in [-0.2, 0) is 9.53 Å². The van der Waals surface area contributed by atoms with Crippen LogP contribution < -0.4 is 14.8 Å². The van der Waals surface area contributed by atoms with Crippen LogP contribution in [0.5, 0.6) is 11.5 Å². The van der Waals surface area contributed by atoms with E-state index in [9.17, 15) is 14.4 Å². The number of hydrogen-bond acceptors (Lipinski definition) is 6. The molecule has 8 heteroatoms. The van der Waals surface area contributed by atoms with Gasteiger partial charge in [-0.1, -0.05) is 0 Å². The Kier molecular flexibility index (Phi) is 8.22. The van der Waals surface area contributed by atoms with Crippen molar-refractivity contribution in [2.75, 3.05) is 39.2 Å². The van der Waals surface area contributed by atoms with Crippen LogP contribution in [-0.4, -0.2) is 56.6 Å². The van der Waals surface area contributed by atoms with Gasteiger partial charge < -0.3 is 24.4 Å². The maximum Gasteiger partial charge on any atom is 0.342 e. The average molecular weight is 414 g/mol. The second-order valence-electron chi connectivity index (χ2n) is 6.25. The Balaban J connectivity index is 1.95. The van der Waals surface area contributed by atoms with Crippen LogP contribution in [0.4, 0.5) is 5.69 Å². The molecule has 0 heterocycles. The van der Waals surface area contributed by atoms with Crippen molar-refractivity contribution >= 4 is 23.5 Å². The van der Waals surface area contributed by atoms with E-state index in [0.29, 0.717) is 35.8 Å². The number of methoxy groups -OCH3 is 2. The molecule has 0 aliphatic heterocycles. The van der Waals surface area contributed by atoms with Crippen LogP contribution in [0.15, 0.2) is 42.5 Å². The normalized spacial score (nSPS) is 10.1. The number of ether oxygens (including phenoxy) is 3. The van der Waals surface area contributed by atoms with Crippen molar-refractivity contribution in [3.63, 3.8) is 0 Å². The highest BCUT2D eigenvalue weighted by Crippen LogP contribution is 2.24. The lowest BCUT2D eigenvalue weighted by Crippen LogP contribution is -2.30. The molecule has 1 N–H and O–H groups in total. The molecule has 30 heavy (non-hydrogen) atoms. The number of anilines is 1. The standard InChI is InChI=1S/C22H26N2O6/c1-5-24(6-2)21(26)15-7-9-16(10-8-15)23-20(25)14-30-22(27)18-13-17(28-3)11-12-19(18)29-4/h7-13H,5-6,14H2,1-4H3,(H,23,25). The van der Waals surface area contributed by atoms with Gasteiger partial charge in [-0.2, -0.15) is 0 Å². The van der Waals surface area contributed by atoms with E-state index in [1.54, 1.807) is 41.3 Å². The van der Waals surface area contributed by atoms with E-state index in [1.165, 1.54) is 20.3 Å². The zero-order valence-corrected chi connectivity index (χ0v) is 17.6. The van der Waals surface area contributed by atoms with Crippen molar-refractivity contribution in [2.24, 2.45) is 0 Å². The zero-order chi connectivity index (χ0) is 22.1. The quantitative estimate of drug-likeness (QED) is 0.634. The van der Waals surface area contributed by atoms with Crippen LogP contribution in [0.25, 0.3) is 0 Å². The summed E-state index contributed by atoms with van der Waals surface area (Å²) in [5.41, 5.74) is 1.18. The van der Waals surface area contributed by atoms with Gasteiger partial charge in [-0.15, -0.1) is 0 Å². The third-order valence-electron chi connectivity index (χ3n) is 4.43. The largest absolute Gasteiger partial charge is 0.497 e. The van der Waals surface area contributed by atoms with E-state index in [2.05, 4.69) is 5.32 Å². The van der Waals surface area contributed by atoms with E-state index in [1.807, 2.05) is 13.8 Å². The molecule has 0 aromatic heterocycles. The summed E-state index contributed by atoms with van der Waals surface area (Å²) in [7, 11) is 2.91. The number of rotatable bonds is 9. The monoisotopic (exact) mass is 414 g/mol. The van der Waals surface area contributed by atoms with Gasteiger partial charge in [0.2, 0.25) is 0 Å². The van der Waals surface area contributed by atoms with Gasteiger partial charge in [0.25, 0.3) is 11.8 Å². The van der Waals surface area contributed by atoms with Crippen molar-refractivity contribution in [3.8, 4) is 11.5 Å². The maximum absolute atomic E-state index is 12.3. The fourth-order valence-electron chi connectivity index (χ4n) is 2.77. The molecule has 0 fully saturated rings. The highest BCUT2D eigenvalue weighted by atomic mass is 16.5. The van der Waals surface area contributed by atoms with Crippen LogP contribution in [0.3, 0.4) is 0 Å². The van der Waals surface area contributed by atoms with Gasteiger partial charge >= 0.3 is 5.97 Å². The predicted molar refractivity (Wildman–Crippen MR) is 112 cm³/mol. The maximum atomic E-state index is 12.3. The van der Waals surface area contributed by atoms with Gasteiger partial charge in [0.15, 0.2) is 6.61 Å². The molecule has 2 amide bonds. The minimum atomic E-state index is -0.707. The van der Waals surface area contributed by atoms with Gasteiger partial charge in [0.1, 0.15) is 17.1 Å². The highest BCUT2D eigenvalue weighted by molar-refractivity contribution is 5.98. The summed E-state index contributed by atoms with van der Waals surface area (Å²) in [6.07, 6.45) is 0. The van der Waals surface area contributed by atoms with Gasteiger partial charge in [-0.05, 0) is 56.3 Å². The van der Waals surface area contributed by atoms with Crippen molar-refractivity contribution < 1.29 is 28.6 Å². The molecule has 0 spiro atoms. The smallest absolute Gasteiger partial charge is 0.342 e. The molecule has 0 aliphatic carbocycles. The Morgan fingerprint density at radius 1 is 0.933 bits per heavy atom. The van der Waals surface area contributed by atoms with Crippen LogP contribution in [0.2, 0.25) is 0 Å². The molecule has 0 saturated carbocycles. The molecule has 2 rings (SSSR count). The highest BCUT2D eigenvalue weighted by Gasteiger charge is 2.17. The van der Waals surface area contributed by atoms with Crippen molar-refractivity contribution in [1.82, 2.24) is 4.90 Å². The minimum absolute atomic E-state index is 0.0703. The minimum Gasteiger partial charge on any atom is -0.497 e. The summed E-state index contributed by atoms with van der Waals surface area (Å²) < 4.78 is 15.3. The van der Waals surface area contributed by atoms with Gasteiger partial charge in [0.05, 0.1) is 14.2 Å². The number of carbonyl (C=O) groups is 3. The number of hydrogen-bond donors (Lipinski definition) is 1. The number of benzene rings is 2. The predicted octanol–water partition coefficient (Wildman–Crippen LogP) is 2.98. The first-order valence-electron chi connectivity index (χ1n) is 9.51. The molecule has 0 radical (unpaired) electrons. The molecule has 0 unspecified atom stereocenters. The first-order valence-corrected chi connectivity index (χ1v) is 9.51. The molecule has 8 nitrogen and oxygen atoms in total. The van der Waals surface area contributed by atoms with Crippen LogP contribution >= 0.6 is 0 Å². The SMILES string of the molecule is CCN(CC)C(=O)c1ccc(NC(=O)COC(=O)c2cc(OC)ccc2OC)cc1. The Hall–Kier alpha value is -3.55. The molecule has 0 bridgehead atoms. The Morgan fingerprint density at radius 2 is 1.60 bits per heavy atom. The Labute approximate surface area is 175 Å². The first kappa shape index (κ1) is 22.7. The zero-order valence-electron chi connectivity index (χ0n) is 17.6. The lowest BCUT2D eigenvalue weighted by Gasteiger charge is -2.18. The Morgan fingerprint density at radius 3 is 2.17 bits per heavy atom.